The first-order valence-electron chi connectivity index (χ1n) is 7.75. The molecule has 0 saturated heterocycles. The van der Waals surface area contributed by atoms with Gasteiger partial charge in [0.2, 0.25) is 5.91 Å². The van der Waals surface area contributed by atoms with E-state index in [1.54, 1.807) is 18.1 Å². The van der Waals surface area contributed by atoms with Crippen LogP contribution >= 0.6 is 0 Å². The van der Waals surface area contributed by atoms with Gasteiger partial charge in [0.1, 0.15) is 0 Å². The van der Waals surface area contributed by atoms with E-state index in [1.807, 2.05) is 18.2 Å². The lowest BCUT2D eigenvalue weighted by Gasteiger charge is -2.19. The Bertz CT molecular complexity index is 466. The fourth-order valence-corrected chi connectivity index (χ4v) is 2.12. The van der Waals surface area contributed by atoms with Gasteiger partial charge in [-0.15, -0.1) is 0 Å². The Hall–Kier alpha value is -1.65. The zero-order chi connectivity index (χ0) is 16.4. The summed E-state index contributed by atoms with van der Waals surface area (Å²) in [7, 11) is 1.64. The van der Waals surface area contributed by atoms with Gasteiger partial charge in [0.05, 0.1) is 6.61 Å². The predicted molar refractivity (Wildman–Crippen MR) is 89.7 cm³/mol. The highest BCUT2D eigenvalue weighted by molar-refractivity contribution is 5.91. The van der Waals surface area contributed by atoms with Gasteiger partial charge in [0.25, 0.3) is 0 Å². The van der Waals surface area contributed by atoms with Crippen LogP contribution in [0.2, 0.25) is 0 Å². The second-order valence-corrected chi connectivity index (χ2v) is 5.55. The van der Waals surface area contributed by atoms with Crippen LogP contribution in [0.4, 0.5) is 0 Å². The standard InChI is InChI=1S/C18H27NO3/c1-15(2)17-8-5-16(6-9-17)7-10-18(21)19(12-13-20)11-4-14-22-3/h5-10,15,20H,4,11-14H2,1-3H3/b10-7+. The molecule has 122 valence electrons. The fraction of sp³-hybridized carbons (Fsp3) is 0.500. The summed E-state index contributed by atoms with van der Waals surface area (Å²) >= 11 is 0. The van der Waals surface area contributed by atoms with Gasteiger partial charge in [-0.3, -0.25) is 4.79 Å². The second-order valence-electron chi connectivity index (χ2n) is 5.55. The number of aliphatic hydroxyl groups is 1. The van der Waals surface area contributed by atoms with E-state index in [-0.39, 0.29) is 12.5 Å². The first-order valence-corrected chi connectivity index (χ1v) is 7.75. The number of methoxy groups -OCH3 is 1. The van der Waals surface area contributed by atoms with E-state index in [1.165, 1.54) is 5.56 Å². The SMILES string of the molecule is COCCCN(CCO)C(=O)/C=C/c1ccc(C(C)C)cc1. The molecule has 0 aliphatic rings. The zero-order valence-corrected chi connectivity index (χ0v) is 13.8. The number of ether oxygens (including phenoxy) is 1. The van der Waals surface area contributed by atoms with E-state index in [0.717, 1.165) is 12.0 Å². The van der Waals surface area contributed by atoms with Crippen molar-refractivity contribution in [2.45, 2.75) is 26.2 Å². The summed E-state index contributed by atoms with van der Waals surface area (Å²) < 4.78 is 4.99. The summed E-state index contributed by atoms with van der Waals surface area (Å²) in [5, 5.41) is 9.06. The third kappa shape index (κ3) is 6.41. The minimum absolute atomic E-state index is 0.0321. The third-order valence-electron chi connectivity index (χ3n) is 3.48. The predicted octanol–water partition coefficient (Wildman–Crippen LogP) is 2.68. The van der Waals surface area contributed by atoms with E-state index >= 15 is 0 Å². The first-order chi connectivity index (χ1) is 10.6. The number of benzene rings is 1. The number of amides is 1. The number of rotatable bonds is 9. The molecule has 22 heavy (non-hydrogen) atoms. The van der Waals surface area contributed by atoms with Crippen molar-refractivity contribution in [2.75, 3.05) is 33.4 Å². The molecule has 0 saturated carbocycles. The van der Waals surface area contributed by atoms with Crippen LogP contribution in [0, 0.1) is 0 Å². The average Bonchev–Trinajstić information content (AvgIpc) is 2.52. The molecule has 1 aromatic rings. The maximum Gasteiger partial charge on any atom is 0.246 e. The van der Waals surface area contributed by atoms with E-state index in [9.17, 15) is 4.79 Å². The van der Waals surface area contributed by atoms with Crippen molar-refractivity contribution in [3.63, 3.8) is 0 Å². The molecule has 0 atom stereocenters. The van der Waals surface area contributed by atoms with Gasteiger partial charge in [-0.1, -0.05) is 38.1 Å². The Labute approximate surface area is 133 Å². The number of nitrogens with zero attached hydrogens (tertiary/aromatic N) is 1. The highest BCUT2D eigenvalue weighted by Gasteiger charge is 2.09. The Morgan fingerprint density at radius 2 is 1.95 bits per heavy atom. The minimum atomic E-state index is -0.0851. The molecule has 1 amide bonds. The molecule has 0 heterocycles. The highest BCUT2D eigenvalue weighted by Crippen LogP contribution is 2.15. The number of carbonyl (C=O) groups excluding carboxylic acids is 1. The fourth-order valence-electron chi connectivity index (χ4n) is 2.12. The van der Waals surface area contributed by atoms with Crippen LogP contribution in [0.5, 0.6) is 0 Å². The maximum atomic E-state index is 12.2. The maximum absolute atomic E-state index is 12.2. The van der Waals surface area contributed by atoms with Crippen LogP contribution in [-0.2, 0) is 9.53 Å². The van der Waals surface area contributed by atoms with Gasteiger partial charge in [0.15, 0.2) is 0 Å². The smallest absolute Gasteiger partial charge is 0.246 e. The van der Waals surface area contributed by atoms with Gasteiger partial charge in [0, 0.05) is 32.9 Å². The second kappa shape index (κ2) is 10.1. The molecule has 4 heteroatoms. The van der Waals surface area contributed by atoms with Gasteiger partial charge in [-0.2, -0.15) is 0 Å². The Balaban J connectivity index is 2.62. The van der Waals surface area contributed by atoms with Crippen LogP contribution in [0.1, 0.15) is 37.3 Å². The number of hydrogen-bond acceptors (Lipinski definition) is 3. The third-order valence-corrected chi connectivity index (χ3v) is 3.48. The molecule has 1 aromatic carbocycles. The lowest BCUT2D eigenvalue weighted by atomic mass is 10.0. The van der Waals surface area contributed by atoms with E-state index in [4.69, 9.17) is 9.84 Å². The first kappa shape index (κ1) is 18.4. The molecule has 0 aliphatic carbocycles. The Morgan fingerprint density at radius 3 is 2.50 bits per heavy atom. The summed E-state index contributed by atoms with van der Waals surface area (Å²) in [6, 6.07) is 8.19. The molecule has 0 fully saturated rings. The van der Waals surface area contributed by atoms with Crippen LogP contribution < -0.4 is 0 Å². The molecule has 0 bridgehead atoms. The molecule has 0 aromatic heterocycles. The molecule has 4 nitrogen and oxygen atoms in total. The monoisotopic (exact) mass is 305 g/mol. The van der Waals surface area contributed by atoms with Crippen LogP contribution in [-0.4, -0.2) is 49.3 Å². The number of hydrogen-bond donors (Lipinski definition) is 1. The van der Waals surface area contributed by atoms with Crippen molar-refractivity contribution in [1.82, 2.24) is 4.90 Å². The molecule has 0 aliphatic heterocycles. The largest absolute Gasteiger partial charge is 0.395 e. The van der Waals surface area contributed by atoms with E-state index in [2.05, 4.69) is 26.0 Å². The lowest BCUT2D eigenvalue weighted by molar-refractivity contribution is -0.126. The van der Waals surface area contributed by atoms with Crippen molar-refractivity contribution in [3.05, 3.63) is 41.5 Å². The molecule has 1 N–H and O–H groups in total. The van der Waals surface area contributed by atoms with Crippen LogP contribution in [0.15, 0.2) is 30.3 Å². The van der Waals surface area contributed by atoms with Crippen molar-refractivity contribution in [2.24, 2.45) is 0 Å². The summed E-state index contributed by atoms with van der Waals surface area (Å²) in [6.45, 7) is 5.82. The molecule has 0 radical (unpaired) electrons. The Kier molecular flexibility index (Phi) is 8.48. The zero-order valence-electron chi connectivity index (χ0n) is 13.8. The summed E-state index contributed by atoms with van der Waals surface area (Å²) in [5.74, 6) is 0.415. The number of aliphatic hydroxyl groups excluding tert-OH is 1. The normalized spacial score (nSPS) is 11.3. The molecular weight excluding hydrogens is 278 g/mol. The topological polar surface area (TPSA) is 49.8 Å². The summed E-state index contributed by atoms with van der Waals surface area (Å²) in [6.07, 6.45) is 4.14. The highest BCUT2D eigenvalue weighted by atomic mass is 16.5. The Morgan fingerprint density at radius 1 is 1.27 bits per heavy atom. The van der Waals surface area contributed by atoms with E-state index < -0.39 is 0 Å². The van der Waals surface area contributed by atoms with Crippen LogP contribution in [0.25, 0.3) is 6.08 Å². The quantitative estimate of drug-likeness (QED) is 0.564. The molecule has 1 rings (SSSR count). The van der Waals surface area contributed by atoms with Crippen molar-refractivity contribution in [3.8, 4) is 0 Å². The lowest BCUT2D eigenvalue weighted by Crippen LogP contribution is -2.33. The van der Waals surface area contributed by atoms with E-state index in [0.29, 0.717) is 25.6 Å². The molecule has 0 spiro atoms. The number of carbonyl (C=O) groups is 1. The minimum Gasteiger partial charge on any atom is -0.395 e. The van der Waals surface area contributed by atoms with Gasteiger partial charge in [-0.05, 0) is 29.5 Å². The van der Waals surface area contributed by atoms with Gasteiger partial charge in [-0.25, -0.2) is 0 Å². The van der Waals surface area contributed by atoms with Crippen molar-refractivity contribution >= 4 is 12.0 Å². The van der Waals surface area contributed by atoms with Crippen LogP contribution in [0.3, 0.4) is 0 Å². The average molecular weight is 305 g/mol. The van der Waals surface area contributed by atoms with Gasteiger partial charge < -0.3 is 14.7 Å². The summed E-state index contributed by atoms with van der Waals surface area (Å²) in [5.41, 5.74) is 2.28. The molecule has 0 unspecified atom stereocenters. The summed E-state index contributed by atoms with van der Waals surface area (Å²) in [4.78, 5) is 13.8. The molecular formula is C18H27NO3. The van der Waals surface area contributed by atoms with Crippen molar-refractivity contribution < 1.29 is 14.6 Å². The van der Waals surface area contributed by atoms with Gasteiger partial charge >= 0.3 is 0 Å². The van der Waals surface area contributed by atoms with Crippen molar-refractivity contribution in [1.29, 1.82) is 0 Å².